The van der Waals surface area contributed by atoms with E-state index in [9.17, 15) is 14.4 Å². The lowest BCUT2D eigenvalue weighted by atomic mass is 10.1. The van der Waals surface area contributed by atoms with Gasteiger partial charge in [-0.1, -0.05) is 35.9 Å². The van der Waals surface area contributed by atoms with E-state index >= 15 is 0 Å². The number of carbonyl (C=O) groups excluding carboxylic acids is 3. The molecule has 3 aliphatic rings. The summed E-state index contributed by atoms with van der Waals surface area (Å²) in [5, 5.41) is 6.58. The normalized spacial score (nSPS) is 21.8. The third-order valence-corrected chi connectivity index (χ3v) is 8.17. The number of thiazole rings is 1. The highest BCUT2D eigenvalue weighted by molar-refractivity contribution is 7.15. The summed E-state index contributed by atoms with van der Waals surface area (Å²) in [6, 6.07) is 13.1. The molecule has 3 atom stereocenters. The Balaban J connectivity index is 1.22. The van der Waals surface area contributed by atoms with E-state index < -0.39 is 0 Å². The highest BCUT2D eigenvalue weighted by Gasteiger charge is 2.54. The minimum absolute atomic E-state index is 0.0685. The van der Waals surface area contributed by atoms with Crippen LogP contribution >= 0.6 is 11.3 Å². The number of anilines is 1. The van der Waals surface area contributed by atoms with Crippen molar-refractivity contribution in [3.63, 3.8) is 0 Å². The molecule has 3 heterocycles. The fourth-order valence-electron chi connectivity index (χ4n) is 5.34. The van der Waals surface area contributed by atoms with Crippen molar-refractivity contribution in [3.05, 3.63) is 64.3 Å². The molecule has 0 bridgehead atoms. The number of nitrogens with one attached hydrogen (secondary N) is 2. The Kier molecular flexibility index (Phi) is 5.52. The molecule has 3 amide bonds. The van der Waals surface area contributed by atoms with E-state index in [2.05, 4.69) is 21.7 Å². The number of ether oxygens (including phenoxy) is 1. The Bertz CT molecular complexity index is 1400. The van der Waals surface area contributed by atoms with E-state index in [1.165, 1.54) is 11.3 Å². The molecule has 1 saturated carbocycles. The number of amides is 3. The third-order valence-electron chi connectivity index (χ3n) is 7.15. The number of hydrogen-bond acceptors (Lipinski definition) is 6. The molecule has 2 N–H and O–H groups in total. The zero-order chi connectivity index (χ0) is 25.0. The van der Waals surface area contributed by atoms with Crippen molar-refractivity contribution < 1.29 is 19.1 Å². The molecule has 1 aliphatic carbocycles. The number of aryl methyl sites for hydroxylation is 2. The number of likely N-dealkylation sites (tertiary alicyclic amines) is 1. The first-order valence-corrected chi connectivity index (χ1v) is 12.9. The fraction of sp³-hybridized carbons (Fsp3) is 0.333. The Labute approximate surface area is 212 Å². The van der Waals surface area contributed by atoms with Gasteiger partial charge in [-0.2, -0.15) is 0 Å². The van der Waals surface area contributed by atoms with E-state index in [-0.39, 0.29) is 30.4 Å². The SMILES string of the molecule is Cc1cccc(-c2sc(C)nc2C(=O)N2C[C@H]3C[C@H]3[C@H]2CNC(=O)c2cccc3c2NC(=O)CO3)c1. The number of carbonyl (C=O) groups is 3. The molecule has 36 heavy (non-hydrogen) atoms. The molecule has 0 radical (unpaired) electrons. The standard InChI is InChI=1S/C27H26N4O4S/c1-14-5-3-6-16(9-14)25-24(29-15(2)36-25)27(34)31-12-17-10-19(17)20(31)11-28-26(33)18-7-4-8-21-23(18)30-22(32)13-35-21/h3-9,17,19-20H,10-13H2,1-2H3,(H,28,33)(H,30,32)/t17-,19-,20-/m1/s1. The molecule has 1 aromatic heterocycles. The van der Waals surface area contributed by atoms with Gasteiger partial charge in [-0.3, -0.25) is 14.4 Å². The van der Waals surface area contributed by atoms with Crippen LogP contribution in [0, 0.1) is 25.7 Å². The average molecular weight is 503 g/mol. The van der Waals surface area contributed by atoms with Crippen LogP contribution in [-0.4, -0.2) is 53.3 Å². The number of nitrogens with zero attached hydrogens (tertiary/aromatic N) is 2. The summed E-state index contributed by atoms with van der Waals surface area (Å²) in [6.07, 6.45) is 1.07. The summed E-state index contributed by atoms with van der Waals surface area (Å²) in [7, 11) is 0. The van der Waals surface area contributed by atoms with Gasteiger partial charge in [0.15, 0.2) is 6.61 Å². The molecule has 184 valence electrons. The number of piperidine rings is 1. The molecule has 6 rings (SSSR count). The van der Waals surface area contributed by atoms with Gasteiger partial charge in [0, 0.05) is 13.1 Å². The largest absolute Gasteiger partial charge is 0.482 e. The Morgan fingerprint density at radius 3 is 2.89 bits per heavy atom. The topological polar surface area (TPSA) is 101 Å². The zero-order valence-electron chi connectivity index (χ0n) is 20.0. The van der Waals surface area contributed by atoms with Crippen molar-refractivity contribution >= 4 is 34.7 Å². The lowest BCUT2D eigenvalue weighted by Crippen LogP contribution is -2.46. The predicted octanol–water partition coefficient (Wildman–Crippen LogP) is 3.65. The van der Waals surface area contributed by atoms with Gasteiger partial charge < -0.3 is 20.3 Å². The lowest BCUT2D eigenvalue weighted by molar-refractivity contribution is -0.118. The molecule has 2 aromatic carbocycles. The van der Waals surface area contributed by atoms with Crippen molar-refractivity contribution in [2.45, 2.75) is 26.3 Å². The minimum Gasteiger partial charge on any atom is -0.482 e. The van der Waals surface area contributed by atoms with Crippen LogP contribution in [0.25, 0.3) is 10.4 Å². The molecule has 0 unspecified atom stereocenters. The molecule has 2 aliphatic heterocycles. The van der Waals surface area contributed by atoms with Gasteiger partial charge in [0.1, 0.15) is 11.4 Å². The van der Waals surface area contributed by atoms with Crippen LogP contribution in [-0.2, 0) is 4.79 Å². The van der Waals surface area contributed by atoms with E-state index in [4.69, 9.17) is 4.74 Å². The molecule has 8 nitrogen and oxygen atoms in total. The quantitative estimate of drug-likeness (QED) is 0.555. The summed E-state index contributed by atoms with van der Waals surface area (Å²) >= 11 is 1.53. The van der Waals surface area contributed by atoms with Crippen molar-refractivity contribution in [2.75, 3.05) is 25.0 Å². The van der Waals surface area contributed by atoms with Crippen LogP contribution in [0.4, 0.5) is 5.69 Å². The van der Waals surface area contributed by atoms with E-state index in [1.54, 1.807) is 18.2 Å². The number of rotatable bonds is 5. The maximum absolute atomic E-state index is 13.8. The number of aromatic nitrogens is 1. The fourth-order valence-corrected chi connectivity index (χ4v) is 6.24. The van der Waals surface area contributed by atoms with E-state index in [0.29, 0.717) is 47.6 Å². The van der Waals surface area contributed by atoms with Gasteiger partial charge in [-0.25, -0.2) is 4.98 Å². The zero-order valence-corrected chi connectivity index (χ0v) is 20.9. The van der Waals surface area contributed by atoms with Gasteiger partial charge in [0.2, 0.25) is 0 Å². The van der Waals surface area contributed by atoms with Crippen molar-refractivity contribution in [1.82, 2.24) is 15.2 Å². The van der Waals surface area contributed by atoms with Crippen molar-refractivity contribution in [2.24, 2.45) is 11.8 Å². The third kappa shape index (κ3) is 4.03. The van der Waals surface area contributed by atoms with Crippen LogP contribution in [0.2, 0.25) is 0 Å². The monoisotopic (exact) mass is 502 g/mol. The number of fused-ring (bicyclic) bond motifs is 2. The Morgan fingerprint density at radius 2 is 2.06 bits per heavy atom. The highest BCUT2D eigenvalue weighted by Crippen LogP contribution is 2.50. The number of benzene rings is 2. The Morgan fingerprint density at radius 1 is 1.22 bits per heavy atom. The molecule has 1 saturated heterocycles. The Hall–Kier alpha value is -3.72. The van der Waals surface area contributed by atoms with Gasteiger partial charge in [0.25, 0.3) is 17.7 Å². The summed E-state index contributed by atoms with van der Waals surface area (Å²) in [5.74, 6) is 0.641. The minimum atomic E-state index is -0.306. The van der Waals surface area contributed by atoms with Gasteiger partial charge in [-0.05, 0) is 49.8 Å². The van der Waals surface area contributed by atoms with Crippen molar-refractivity contribution in [1.29, 1.82) is 0 Å². The molecular formula is C27H26N4O4S. The van der Waals surface area contributed by atoms with Crippen LogP contribution in [0.1, 0.15) is 37.8 Å². The second kappa shape index (κ2) is 8.74. The molecule has 9 heteroatoms. The first-order chi connectivity index (χ1) is 17.4. The first kappa shape index (κ1) is 22.7. The summed E-state index contributed by atoms with van der Waals surface area (Å²) < 4.78 is 5.43. The maximum atomic E-state index is 13.8. The molecule has 2 fully saturated rings. The van der Waals surface area contributed by atoms with Gasteiger partial charge >= 0.3 is 0 Å². The van der Waals surface area contributed by atoms with Crippen molar-refractivity contribution in [3.8, 4) is 16.2 Å². The van der Waals surface area contributed by atoms with E-state index in [0.717, 1.165) is 27.4 Å². The number of para-hydroxylation sites is 1. The molecule has 0 spiro atoms. The number of hydrogen-bond donors (Lipinski definition) is 2. The predicted molar refractivity (Wildman–Crippen MR) is 136 cm³/mol. The lowest BCUT2D eigenvalue weighted by Gasteiger charge is -2.28. The van der Waals surface area contributed by atoms with Crippen LogP contribution < -0.4 is 15.4 Å². The van der Waals surface area contributed by atoms with E-state index in [1.807, 2.05) is 36.9 Å². The highest BCUT2D eigenvalue weighted by atomic mass is 32.1. The van der Waals surface area contributed by atoms with Crippen LogP contribution in [0.15, 0.2) is 42.5 Å². The maximum Gasteiger partial charge on any atom is 0.274 e. The average Bonchev–Trinajstić information content (AvgIpc) is 3.38. The summed E-state index contributed by atoms with van der Waals surface area (Å²) in [5.41, 5.74) is 3.34. The van der Waals surface area contributed by atoms with Crippen LogP contribution in [0.3, 0.4) is 0 Å². The second-order valence-electron chi connectivity index (χ2n) is 9.69. The smallest absolute Gasteiger partial charge is 0.274 e. The first-order valence-electron chi connectivity index (χ1n) is 12.1. The van der Waals surface area contributed by atoms with Crippen LogP contribution in [0.5, 0.6) is 5.75 Å². The van der Waals surface area contributed by atoms with Gasteiger partial charge in [0.05, 0.1) is 27.2 Å². The molecule has 3 aromatic rings. The summed E-state index contributed by atoms with van der Waals surface area (Å²) in [6.45, 7) is 4.91. The van der Waals surface area contributed by atoms with Gasteiger partial charge in [-0.15, -0.1) is 11.3 Å². The summed E-state index contributed by atoms with van der Waals surface area (Å²) in [4.78, 5) is 46.0. The molecular weight excluding hydrogens is 476 g/mol. The second-order valence-corrected chi connectivity index (χ2v) is 10.9.